The number of likely N-dealkylation sites (N-methyl/N-ethyl adjacent to an activating group) is 1. The third-order valence-electron chi connectivity index (χ3n) is 2.79. The summed E-state index contributed by atoms with van der Waals surface area (Å²) in [5.74, 6) is 0.442. The minimum atomic E-state index is -0.234. The first-order valence-corrected chi connectivity index (χ1v) is 5.26. The van der Waals surface area contributed by atoms with Crippen molar-refractivity contribution in [2.45, 2.75) is 19.4 Å². The number of benzene rings is 1. The Morgan fingerprint density at radius 2 is 2.27 bits per heavy atom. The molecule has 1 aromatic carbocycles. The Kier molecular flexibility index (Phi) is 2.91. The molecule has 0 aromatic heterocycles. The van der Waals surface area contributed by atoms with Crippen LogP contribution in [0.1, 0.15) is 12.0 Å². The summed E-state index contributed by atoms with van der Waals surface area (Å²) in [4.78, 5) is 2.22. The lowest BCUT2D eigenvalue weighted by molar-refractivity contribution is 0.206. The maximum absolute atomic E-state index is 13.0. The van der Waals surface area contributed by atoms with Crippen molar-refractivity contribution in [2.75, 3.05) is 20.1 Å². The highest BCUT2D eigenvalue weighted by Crippen LogP contribution is 2.22. The molecule has 1 aromatic rings. The minimum absolute atomic E-state index is 0.204. The van der Waals surface area contributed by atoms with Crippen molar-refractivity contribution in [1.29, 1.82) is 0 Å². The first-order valence-electron chi connectivity index (χ1n) is 5.26. The van der Waals surface area contributed by atoms with Crippen LogP contribution in [0, 0.1) is 12.7 Å². The van der Waals surface area contributed by atoms with Crippen LogP contribution in [0.25, 0.3) is 0 Å². The van der Waals surface area contributed by atoms with E-state index >= 15 is 0 Å². The van der Waals surface area contributed by atoms with Gasteiger partial charge in [-0.25, -0.2) is 4.39 Å². The second kappa shape index (κ2) is 4.19. The molecular formula is C12H16FNO. The van der Waals surface area contributed by atoms with Crippen LogP contribution in [0.4, 0.5) is 4.39 Å². The van der Waals surface area contributed by atoms with Crippen molar-refractivity contribution in [3.05, 3.63) is 29.6 Å². The summed E-state index contributed by atoms with van der Waals surface area (Å²) in [7, 11) is 2.07. The molecule has 0 amide bonds. The maximum atomic E-state index is 13.0. The van der Waals surface area contributed by atoms with E-state index < -0.39 is 0 Å². The molecule has 0 unspecified atom stereocenters. The zero-order chi connectivity index (χ0) is 10.8. The van der Waals surface area contributed by atoms with Crippen molar-refractivity contribution >= 4 is 0 Å². The lowest BCUT2D eigenvalue weighted by Crippen LogP contribution is -2.21. The summed E-state index contributed by atoms with van der Waals surface area (Å²) >= 11 is 0. The minimum Gasteiger partial charge on any atom is -0.489 e. The van der Waals surface area contributed by atoms with Crippen LogP contribution in [-0.2, 0) is 0 Å². The van der Waals surface area contributed by atoms with Crippen LogP contribution in [-0.4, -0.2) is 31.1 Å². The standard InChI is InChI=1S/C12H16FNO/c1-9-3-4-10(13)7-12(9)15-11-5-6-14(2)8-11/h3-4,7,11H,5-6,8H2,1-2H3/t11-/m1/s1. The number of nitrogens with zero attached hydrogens (tertiary/aromatic N) is 1. The van der Waals surface area contributed by atoms with Gasteiger partial charge in [-0.1, -0.05) is 6.07 Å². The predicted molar refractivity (Wildman–Crippen MR) is 57.7 cm³/mol. The lowest BCUT2D eigenvalue weighted by Gasteiger charge is -2.15. The fraction of sp³-hybridized carbons (Fsp3) is 0.500. The van der Waals surface area contributed by atoms with Crippen molar-refractivity contribution in [1.82, 2.24) is 4.90 Å². The van der Waals surface area contributed by atoms with E-state index in [0.717, 1.165) is 25.1 Å². The Hall–Kier alpha value is -1.09. The summed E-state index contributed by atoms with van der Waals surface area (Å²) in [5, 5.41) is 0. The van der Waals surface area contributed by atoms with Gasteiger partial charge in [0.15, 0.2) is 0 Å². The summed E-state index contributed by atoms with van der Waals surface area (Å²) in [5.41, 5.74) is 0.992. The summed E-state index contributed by atoms with van der Waals surface area (Å²) in [6.45, 7) is 3.92. The average molecular weight is 209 g/mol. The SMILES string of the molecule is Cc1ccc(F)cc1O[C@@H]1CCN(C)C1. The summed E-state index contributed by atoms with van der Waals surface area (Å²) in [6.07, 6.45) is 1.22. The largest absolute Gasteiger partial charge is 0.489 e. The summed E-state index contributed by atoms with van der Waals surface area (Å²) < 4.78 is 18.8. The molecule has 0 saturated carbocycles. The smallest absolute Gasteiger partial charge is 0.126 e. The normalized spacial score (nSPS) is 21.9. The van der Waals surface area contributed by atoms with Gasteiger partial charge < -0.3 is 9.64 Å². The van der Waals surface area contributed by atoms with Gasteiger partial charge in [0.05, 0.1) is 0 Å². The maximum Gasteiger partial charge on any atom is 0.126 e. The highest BCUT2D eigenvalue weighted by Gasteiger charge is 2.21. The number of likely N-dealkylation sites (tertiary alicyclic amines) is 1. The van der Waals surface area contributed by atoms with Gasteiger partial charge >= 0.3 is 0 Å². The number of halogens is 1. The van der Waals surface area contributed by atoms with Crippen molar-refractivity contribution in [3.8, 4) is 5.75 Å². The number of hydrogen-bond donors (Lipinski definition) is 0. The van der Waals surface area contributed by atoms with Gasteiger partial charge in [-0.15, -0.1) is 0 Å². The number of ether oxygens (including phenoxy) is 1. The quantitative estimate of drug-likeness (QED) is 0.740. The van der Waals surface area contributed by atoms with Crippen molar-refractivity contribution < 1.29 is 9.13 Å². The Balaban J connectivity index is 2.07. The Labute approximate surface area is 89.7 Å². The predicted octanol–water partition coefficient (Wildman–Crippen LogP) is 2.22. The molecule has 0 radical (unpaired) electrons. The number of hydrogen-bond acceptors (Lipinski definition) is 2. The van der Waals surface area contributed by atoms with E-state index in [0.29, 0.717) is 5.75 Å². The molecule has 1 heterocycles. The monoisotopic (exact) mass is 209 g/mol. The van der Waals surface area contributed by atoms with Crippen LogP contribution in [0.2, 0.25) is 0 Å². The molecule has 0 spiro atoms. The van der Waals surface area contributed by atoms with Crippen LogP contribution in [0.15, 0.2) is 18.2 Å². The first-order chi connectivity index (χ1) is 7.15. The molecule has 1 atom stereocenters. The van der Waals surface area contributed by atoms with E-state index in [1.54, 1.807) is 6.07 Å². The second-order valence-corrected chi connectivity index (χ2v) is 4.20. The fourth-order valence-corrected chi connectivity index (χ4v) is 1.87. The van der Waals surface area contributed by atoms with E-state index in [4.69, 9.17) is 4.74 Å². The first kappa shape index (κ1) is 10.4. The number of rotatable bonds is 2. The zero-order valence-corrected chi connectivity index (χ0v) is 9.16. The molecule has 0 bridgehead atoms. The van der Waals surface area contributed by atoms with Gasteiger partial charge in [0.1, 0.15) is 17.7 Å². The zero-order valence-electron chi connectivity index (χ0n) is 9.16. The van der Waals surface area contributed by atoms with E-state index in [9.17, 15) is 4.39 Å². The van der Waals surface area contributed by atoms with Gasteiger partial charge in [-0.3, -0.25) is 0 Å². The third-order valence-corrected chi connectivity index (χ3v) is 2.79. The highest BCUT2D eigenvalue weighted by atomic mass is 19.1. The Bertz CT molecular complexity index is 353. The molecular weight excluding hydrogens is 193 g/mol. The van der Waals surface area contributed by atoms with Gasteiger partial charge in [0, 0.05) is 19.2 Å². The molecule has 1 aliphatic rings. The molecule has 0 aliphatic carbocycles. The Morgan fingerprint density at radius 3 is 2.93 bits per heavy atom. The van der Waals surface area contributed by atoms with E-state index in [1.165, 1.54) is 12.1 Å². The van der Waals surface area contributed by atoms with Gasteiger partial charge in [-0.05, 0) is 32.0 Å². The van der Waals surface area contributed by atoms with E-state index in [-0.39, 0.29) is 11.9 Å². The average Bonchev–Trinajstić information content (AvgIpc) is 2.58. The molecule has 3 heteroatoms. The molecule has 82 valence electrons. The fourth-order valence-electron chi connectivity index (χ4n) is 1.87. The molecule has 0 N–H and O–H groups in total. The van der Waals surface area contributed by atoms with Crippen LogP contribution < -0.4 is 4.74 Å². The third kappa shape index (κ3) is 2.48. The van der Waals surface area contributed by atoms with Crippen LogP contribution >= 0.6 is 0 Å². The Morgan fingerprint density at radius 1 is 1.47 bits per heavy atom. The van der Waals surface area contributed by atoms with E-state index in [1.807, 2.05) is 6.92 Å². The van der Waals surface area contributed by atoms with Crippen LogP contribution in [0.5, 0.6) is 5.75 Å². The van der Waals surface area contributed by atoms with Gasteiger partial charge in [0.2, 0.25) is 0 Å². The van der Waals surface area contributed by atoms with E-state index in [2.05, 4.69) is 11.9 Å². The summed E-state index contributed by atoms with van der Waals surface area (Å²) in [6, 6.07) is 4.68. The van der Waals surface area contributed by atoms with Crippen LogP contribution in [0.3, 0.4) is 0 Å². The van der Waals surface area contributed by atoms with Crippen molar-refractivity contribution in [3.63, 3.8) is 0 Å². The second-order valence-electron chi connectivity index (χ2n) is 4.20. The van der Waals surface area contributed by atoms with Crippen molar-refractivity contribution in [2.24, 2.45) is 0 Å². The molecule has 1 saturated heterocycles. The molecule has 1 aliphatic heterocycles. The lowest BCUT2D eigenvalue weighted by atomic mass is 10.2. The molecule has 2 rings (SSSR count). The molecule has 2 nitrogen and oxygen atoms in total. The van der Waals surface area contributed by atoms with Gasteiger partial charge in [-0.2, -0.15) is 0 Å². The topological polar surface area (TPSA) is 12.5 Å². The van der Waals surface area contributed by atoms with Gasteiger partial charge in [0.25, 0.3) is 0 Å². The molecule has 15 heavy (non-hydrogen) atoms. The highest BCUT2D eigenvalue weighted by molar-refractivity contribution is 5.32. The number of aryl methyl sites for hydroxylation is 1. The molecule has 1 fully saturated rings.